The minimum absolute atomic E-state index is 0.133. The van der Waals surface area contributed by atoms with E-state index in [-0.39, 0.29) is 23.4 Å². The second-order valence-electron chi connectivity index (χ2n) is 9.35. The van der Waals surface area contributed by atoms with Gasteiger partial charge in [0.1, 0.15) is 6.54 Å². The average molecular weight is 571 g/mol. The van der Waals surface area contributed by atoms with Crippen LogP contribution in [0.5, 0.6) is 0 Å². The van der Waals surface area contributed by atoms with Gasteiger partial charge in [-0.2, -0.15) is 0 Å². The van der Waals surface area contributed by atoms with Crippen molar-refractivity contribution in [2.75, 3.05) is 28.8 Å². The molecule has 1 heterocycles. The van der Waals surface area contributed by atoms with Crippen LogP contribution in [0.15, 0.2) is 88.2 Å². The fourth-order valence-electron chi connectivity index (χ4n) is 4.41. The van der Waals surface area contributed by atoms with E-state index in [9.17, 15) is 13.2 Å². The van der Waals surface area contributed by atoms with E-state index in [1.807, 2.05) is 25.1 Å². The zero-order valence-electron chi connectivity index (χ0n) is 20.6. The van der Waals surface area contributed by atoms with E-state index in [2.05, 4.69) is 45.2 Å². The number of carbonyl (C=O) groups is 1. The standard InChI is InChI=1S/C28H32BrN3O3S/c1-21-15-17-31(18-16-21)25-13-11-23(12-14-25)22(2)30-28(33)20-32(26-8-6-7-24(29)19-26)36(34,35)27-9-4-3-5-10-27/h3-14,19,21-22H,15-18,20H2,1-2H3,(H,30,33). The van der Waals surface area contributed by atoms with Crippen LogP contribution in [0.25, 0.3) is 0 Å². The first kappa shape index (κ1) is 26.2. The highest BCUT2D eigenvalue weighted by Crippen LogP contribution is 2.27. The summed E-state index contributed by atoms with van der Waals surface area (Å²) in [4.78, 5) is 15.6. The predicted octanol–water partition coefficient (Wildman–Crippen LogP) is 5.76. The molecular weight excluding hydrogens is 538 g/mol. The molecule has 0 bridgehead atoms. The molecule has 8 heteroatoms. The van der Waals surface area contributed by atoms with Crippen molar-refractivity contribution in [3.63, 3.8) is 0 Å². The molecular formula is C28H32BrN3O3S. The average Bonchev–Trinajstić information content (AvgIpc) is 2.88. The molecule has 1 aliphatic heterocycles. The van der Waals surface area contributed by atoms with Crippen LogP contribution in [-0.2, 0) is 14.8 Å². The van der Waals surface area contributed by atoms with Gasteiger partial charge in [0, 0.05) is 23.2 Å². The van der Waals surface area contributed by atoms with Crippen LogP contribution in [0.2, 0.25) is 0 Å². The maximum absolute atomic E-state index is 13.5. The van der Waals surface area contributed by atoms with E-state index in [1.54, 1.807) is 36.4 Å². The number of nitrogens with one attached hydrogen (secondary N) is 1. The number of nitrogens with zero attached hydrogens (tertiary/aromatic N) is 2. The van der Waals surface area contributed by atoms with Crippen LogP contribution in [0.3, 0.4) is 0 Å². The first-order valence-corrected chi connectivity index (χ1v) is 14.4. The first-order chi connectivity index (χ1) is 17.2. The summed E-state index contributed by atoms with van der Waals surface area (Å²) in [5.41, 5.74) is 2.58. The second-order valence-corrected chi connectivity index (χ2v) is 12.1. The molecule has 4 rings (SSSR count). The maximum Gasteiger partial charge on any atom is 0.264 e. The van der Waals surface area contributed by atoms with Crippen LogP contribution < -0.4 is 14.5 Å². The zero-order valence-corrected chi connectivity index (χ0v) is 23.0. The Labute approximate surface area is 222 Å². The molecule has 36 heavy (non-hydrogen) atoms. The summed E-state index contributed by atoms with van der Waals surface area (Å²) in [6.45, 7) is 6.00. The van der Waals surface area contributed by atoms with Crippen molar-refractivity contribution in [2.24, 2.45) is 5.92 Å². The molecule has 1 atom stereocenters. The van der Waals surface area contributed by atoms with Gasteiger partial charge in [-0.3, -0.25) is 9.10 Å². The van der Waals surface area contributed by atoms with Gasteiger partial charge in [0.2, 0.25) is 5.91 Å². The number of hydrogen-bond acceptors (Lipinski definition) is 4. The molecule has 0 radical (unpaired) electrons. The third kappa shape index (κ3) is 6.28. The van der Waals surface area contributed by atoms with Gasteiger partial charge in [-0.05, 0) is 73.7 Å². The predicted molar refractivity (Wildman–Crippen MR) is 149 cm³/mol. The zero-order chi connectivity index (χ0) is 25.7. The van der Waals surface area contributed by atoms with Crippen molar-refractivity contribution in [3.05, 3.63) is 88.9 Å². The van der Waals surface area contributed by atoms with Crippen molar-refractivity contribution in [1.82, 2.24) is 5.32 Å². The number of rotatable bonds is 8. The molecule has 3 aromatic rings. The van der Waals surface area contributed by atoms with Crippen molar-refractivity contribution < 1.29 is 13.2 Å². The SMILES string of the molecule is CC1CCN(c2ccc(C(C)NC(=O)CN(c3cccc(Br)c3)S(=O)(=O)c3ccccc3)cc2)CC1. The highest BCUT2D eigenvalue weighted by molar-refractivity contribution is 9.10. The number of benzene rings is 3. The Morgan fingerprint density at radius 2 is 1.69 bits per heavy atom. The van der Waals surface area contributed by atoms with E-state index in [0.29, 0.717) is 5.69 Å². The molecule has 6 nitrogen and oxygen atoms in total. The molecule has 1 amide bonds. The maximum atomic E-state index is 13.5. The van der Waals surface area contributed by atoms with Gasteiger partial charge in [-0.15, -0.1) is 0 Å². The van der Waals surface area contributed by atoms with Crippen molar-refractivity contribution >= 4 is 43.2 Å². The summed E-state index contributed by atoms with van der Waals surface area (Å²) < 4.78 is 28.8. The van der Waals surface area contributed by atoms with Crippen molar-refractivity contribution in [3.8, 4) is 0 Å². The van der Waals surface area contributed by atoms with E-state index in [1.165, 1.54) is 30.7 Å². The van der Waals surface area contributed by atoms with Gasteiger partial charge in [0.25, 0.3) is 10.0 Å². The highest BCUT2D eigenvalue weighted by Gasteiger charge is 2.28. The molecule has 1 N–H and O–H groups in total. The monoisotopic (exact) mass is 569 g/mol. The fraction of sp³-hybridized carbons (Fsp3) is 0.321. The Morgan fingerprint density at radius 3 is 2.33 bits per heavy atom. The molecule has 1 aliphatic rings. The van der Waals surface area contributed by atoms with Crippen molar-refractivity contribution in [2.45, 2.75) is 37.6 Å². The largest absolute Gasteiger partial charge is 0.372 e. The number of hydrogen-bond donors (Lipinski definition) is 1. The third-order valence-electron chi connectivity index (χ3n) is 6.63. The van der Waals surface area contributed by atoms with Crippen LogP contribution in [-0.4, -0.2) is 34.0 Å². The van der Waals surface area contributed by atoms with Gasteiger partial charge in [-0.1, -0.05) is 59.3 Å². The molecule has 1 saturated heterocycles. The number of halogens is 1. The van der Waals surface area contributed by atoms with Crippen LogP contribution in [0.4, 0.5) is 11.4 Å². The van der Waals surface area contributed by atoms with Gasteiger partial charge in [0.15, 0.2) is 0 Å². The molecule has 3 aromatic carbocycles. The lowest BCUT2D eigenvalue weighted by Crippen LogP contribution is -2.41. The van der Waals surface area contributed by atoms with Crippen LogP contribution in [0, 0.1) is 5.92 Å². The molecule has 1 unspecified atom stereocenters. The normalized spacial score (nSPS) is 15.4. The molecule has 0 aliphatic carbocycles. The van der Waals surface area contributed by atoms with Gasteiger partial charge >= 0.3 is 0 Å². The topological polar surface area (TPSA) is 69.7 Å². The fourth-order valence-corrected chi connectivity index (χ4v) is 6.23. The summed E-state index contributed by atoms with van der Waals surface area (Å²) in [5, 5.41) is 2.97. The minimum Gasteiger partial charge on any atom is -0.372 e. The lowest BCUT2D eigenvalue weighted by Gasteiger charge is -2.32. The highest BCUT2D eigenvalue weighted by atomic mass is 79.9. The lowest BCUT2D eigenvalue weighted by atomic mass is 9.98. The Hall–Kier alpha value is -2.84. The summed E-state index contributed by atoms with van der Waals surface area (Å²) in [6, 6.07) is 23.1. The molecule has 1 fully saturated rings. The Morgan fingerprint density at radius 1 is 1.03 bits per heavy atom. The van der Waals surface area contributed by atoms with E-state index in [4.69, 9.17) is 0 Å². The minimum atomic E-state index is -3.94. The third-order valence-corrected chi connectivity index (χ3v) is 8.92. The van der Waals surface area contributed by atoms with Crippen molar-refractivity contribution in [1.29, 1.82) is 0 Å². The summed E-state index contributed by atoms with van der Waals surface area (Å²) in [6.07, 6.45) is 2.41. The van der Waals surface area contributed by atoms with E-state index < -0.39 is 10.0 Å². The molecule has 0 saturated carbocycles. The van der Waals surface area contributed by atoms with E-state index >= 15 is 0 Å². The van der Waals surface area contributed by atoms with Gasteiger partial charge in [0.05, 0.1) is 16.6 Å². The molecule has 0 aromatic heterocycles. The number of anilines is 2. The summed E-state index contributed by atoms with van der Waals surface area (Å²) in [7, 11) is -3.94. The number of piperidine rings is 1. The van der Waals surface area contributed by atoms with Gasteiger partial charge in [-0.25, -0.2) is 8.42 Å². The molecule has 0 spiro atoms. The quantitative estimate of drug-likeness (QED) is 0.374. The number of sulfonamides is 1. The van der Waals surface area contributed by atoms with Gasteiger partial charge < -0.3 is 10.2 Å². The van der Waals surface area contributed by atoms with E-state index in [0.717, 1.165) is 33.3 Å². The Balaban J connectivity index is 1.48. The lowest BCUT2D eigenvalue weighted by molar-refractivity contribution is -0.120. The van der Waals surface area contributed by atoms with Crippen LogP contribution >= 0.6 is 15.9 Å². The Bertz CT molecular complexity index is 1270. The van der Waals surface area contributed by atoms with Crippen LogP contribution in [0.1, 0.15) is 38.3 Å². The summed E-state index contributed by atoms with van der Waals surface area (Å²) >= 11 is 3.40. The number of amides is 1. The second kappa shape index (κ2) is 11.5. The number of carbonyl (C=O) groups excluding carboxylic acids is 1. The summed E-state index contributed by atoms with van der Waals surface area (Å²) in [5.74, 6) is 0.397. The first-order valence-electron chi connectivity index (χ1n) is 12.2. The molecule has 190 valence electrons. The smallest absolute Gasteiger partial charge is 0.264 e. The Kier molecular flexibility index (Phi) is 8.36.